The summed E-state index contributed by atoms with van der Waals surface area (Å²) in [6.45, 7) is 6.75. The molecule has 1 fully saturated rings. The van der Waals surface area contributed by atoms with E-state index in [4.69, 9.17) is 5.73 Å². The Labute approximate surface area is 105 Å². The van der Waals surface area contributed by atoms with Crippen LogP contribution in [-0.4, -0.2) is 23.5 Å². The second kappa shape index (κ2) is 5.49. The van der Waals surface area contributed by atoms with Gasteiger partial charge in [0.25, 0.3) is 0 Å². The van der Waals surface area contributed by atoms with Crippen molar-refractivity contribution in [2.24, 2.45) is 23.0 Å². The fourth-order valence-corrected chi connectivity index (χ4v) is 3.20. The van der Waals surface area contributed by atoms with Crippen molar-refractivity contribution in [2.45, 2.75) is 58.5 Å². The van der Waals surface area contributed by atoms with E-state index in [0.717, 1.165) is 37.9 Å². The maximum Gasteiger partial charge on any atom is 0.122 e. The third-order valence-electron chi connectivity index (χ3n) is 4.94. The van der Waals surface area contributed by atoms with Gasteiger partial charge in [-0.3, -0.25) is 0 Å². The minimum absolute atomic E-state index is 0.191. The Morgan fingerprint density at radius 1 is 1.47 bits per heavy atom. The van der Waals surface area contributed by atoms with Gasteiger partial charge in [-0.05, 0) is 44.4 Å². The molecule has 0 aromatic rings. The molecule has 0 amide bonds. The third-order valence-corrected chi connectivity index (χ3v) is 4.94. The number of rotatable bonds is 5. The number of nitrogens with two attached hydrogens (primary N) is 1. The summed E-state index contributed by atoms with van der Waals surface area (Å²) in [5, 5.41) is 10.5. The molecule has 100 valence electrons. The van der Waals surface area contributed by atoms with E-state index >= 15 is 0 Å². The van der Waals surface area contributed by atoms with Gasteiger partial charge >= 0.3 is 0 Å². The van der Waals surface area contributed by atoms with Gasteiger partial charge in [0.15, 0.2) is 0 Å². The molecule has 3 N–H and O–H groups in total. The summed E-state index contributed by atoms with van der Waals surface area (Å²) in [7, 11) is 0. The van der Waals surface area contributed by atoms with Crippen molar-refractivity contribution in [3.05, 3.63) is 0 Å². The van der Waals surface area contributed by atoms with Crippen LogP contribution >= 0.6 is 0 Å². The molecule has 0 saturated heterocycles. The Kier molecular flexibility index (Phi) is 4.73. The summed E-state index contributed by atoms with van der Waals surface area (Å²) in [6, 6.07) is 0. The van der Waals surface area contributed by atoms with Crippen molar-refractivity contribution < 1.29 is 9.90 Å². The normalized spacial score (nSPS) is 33.4. The summed E-state index contributed by atoms with van der Waals surface area (Å²) < 4.78 is 0. The average Bonchev–Trinajstić information content (AvgIpc) is 2.28. The van der Waals surface area contributed by atoms with E-state index in [1.165, 1.54) is 0 Å². The Balaban J connectivity index is 2.76. The molecule has 1 aliphatic carbocycles. The molecule has 1 saturated carbocycles. The summed E-state index contributed by atoms with van der Waals surface area (Å²) >= 11 is 0. The van der Waals surface area contributed by atoms with E-state index in [2.05, 4.69) is 13.8 Å². The molecule has 0 aromatic carbocycles. The maximum absolute atomic E-state index is 10.7. The fourth-order valence-electron chi connectivity index (χ4n) is 3.20. The van der Waals surface area contributed by atoms with Crippen molar-refractivity contribution in [3.8, 4) is 0 Å². The molecule has 3 heteroatoms. The van der Waals surface area contributed by atoms with Crippen LogP contribution in [0.15, 0.2) is 0 Å². The van der Waals surface area contributed by atoms with Gasteiger partial charge in [0.1, 0.15) is 6.29 Å². The Bertz CT molecular complexity index is 253. The topological polar surface area (TPSA) is 63.3 Å². The molecular weight excluding hydrogens is 214 g/mol. The highest BCUT2D eigenvalue weighted by atomic mass is 16.3. The quantitative estimate of drug-likeness (QED) is 0.725. The SMILES string of the molecule is CC(C)C1CCC(CN)(C(C)(O)CC=O)CC1. The van der Waals surface area contributed by atoms with E-state index in [-0.39, 0.29) is 11.8 Å². The van der Waals surface area contributed by atoms with Gasteiger partial charge in [0.05, 0.1) is 5.60 Å². The van der Waals surface area contributed by atoms with E-state index in [9.17, 15) is 9.90 Å². The zero-order valence-corrected chi connectivity index (χ0v) is 11.4. The number of carbonyl (C=O) groups excluding carboxylic acids is 1. The van der Waals surface area contributed by atoms with Crippen molar-refractivity contribution >= 4 is 6.29 Å². The van der Waals surface area contributed by atoms with Gasteiger partial charge in [-0.25, -0.2) is 0 Å². The van der Waals surface area contributed by atoms with Gasteiger partial charge in [-0.2, -0.15) is 0 Å². The van der Waals surface area contributed by atoms with Crippen LogP contribution in [0.2, 0.25) is 0 Å². The second-order valence-corrected chi connectivity index (χ2v) is 6.21. The molecule has 1 rings (SSSR count). The monoisotopic (exact) mass is 241 g/mol. The van der Waals surface area contributed by atoms with Crippen LogP contribution in [0.1, 0.15) is 52.9 Å². The molecule has 1 aliphatic rings. The van der Waals surface area contributed by atoms with Gasteiger partial charge in [-0.15, -0.1) is 0 Å². The number of hydrogen-bond donors (Lipinski definition) is 2. The Morgan fingerprint density at radius 3 is 2.35 bits per heavy atom. The van der Waals surface area contributed by atoms with Gasteiger partial charge in [-0.1, -0.05) is 13.8 Å². The Morgan fingerprint density at radius 2 is 2.00 bits per heavy atom. The summed E-state index contributed by atoms with van der Waals surface area (Å²) in [4.78, 5) is 10.7. The number of carbonyl (C=O) groups is 1. The number of aldehydes is 1. The molecular formula is C14H27NO2. The van der Waals surface area contributed by atoms with Gasteiger partial charge in [0.2, 0.25) is 0 Å². The van der Waals surface area contributed by atoms with E-state index in [0.29, 0.717) is 12.5 Å². The first kappa shape index (κ1) is 14.7. The van der Waals surface area contributed by atoms with Gasteiger partial charge < -0.3 is 15.6 Å². The van der Waals surface area contributed by atoms with Crippen LogP contribution in [-0.2, 0) is 4.79 Å². The lowest BCUT2D eigenvalue weighted by molar-refractivity contribution is -0.125. The highest BCUT2D eigenvalue weighted by Crippen LogP contribution is 2.48. The molecule has 0 aliphatic heterocycles. The highest BCUT2D eigenvalue weighted by Gasteiger charge is 2.47. The molecule has 17 heavy (non-hydrogen) atoms. The summed E-state index contributed by atoms with van der Waals surface area (Å²) in [5.74, 6) is 1.43. The minimum atomic E-state index is -0.953. The minimum Gasteiger partial charge on any atom is -0.389 e. The number of aliphatic hydroxyl groups is 1. The molecule has 0 heterocycles. The van der Waals surface area contributed by atoms with Crippen molar-refractivity contribution in [1.82, 2.24) is 0 Å². The lowest BCUT2D eigenvalue weighted by Crippen LogP contribution is -2.53. The number of hydrogen-bond acceptors (Lipinski definition) is 3. The fraction of sp³-hybridized carbons (Fsp3) is 0.929. The standard InChI is InChI=1S/C14H27NO2/c1-11(2)12-4-6-14(10-15,7-5-12)13(3,17)8-9-16/h9,11-12,17H,4-8,10,15H2,1-3H3. The predicted octanol–water partition coefficient (Wildman–Crippen LogP) is 2.12. The highest BCUT2D eigenvalue weighted by molar-refractivity contribution is 5.51. The zero-order valence-electron chi connectivity index (χ0n) is 11.4. The predicted molar refractivity (Wildman–Crippen MR) is 69.6 cm³/mol. The molecule has 0 spiro atoms. The van der Waals surface area contributed by atoms with Crippen molar-refractivity contribution in [1.29, 1.82) is 0 Å². The van der Waals surface area contributed by atoms with Crippen LogP contribution in [0.5, 0.6) is 0 Å². The average molecular weight is 241 g/mol. The third kappa shape index (κ3) is 2.89. The van der Waals surface area contributed by atoms with E-state index in [1.807, 2.05) is 0 Å². The summed E-state index contributed by atoms with van der Waals surface area (Å²) in [5.41, 5.74) is 4.68. The lowest BCUT2D eigenvalue weighted by Gasteiger charge is -2.49. The summed E-state index contributed by atoms with van der Waals surface area (Å²) in [6.07, 6.45) is 5.11. The first-order chi connectivity index (χ1) is 7.88. The van der Waals surface area contributed by atoms with E-state index < -0.39 is 5.60 Å². The zero-order chi connectivity index (χ0) is 13.1. The molecule has 0 bridgehead atoms. The largest absolute Gasteiger partial charge is 0.389 e. The maximum atomic E-state index is 10.7. The molecule has 1 unspecified atom stereocenters. The second-order valence-electron chi connectivity index (χ2n) is 6.21. The van der Waals surface area contributed by atoms with Crippen LogP contribution < -0.4 is 5.73 Å². The van der Waals surface area contributed by atoms with Crippen molar-refractivity contribution in [3.63, 3.8) is 0 Å². The first-order valence-electron chi connectivity index (χ1n) is 6.74. The first-order valence-corrected chi connectivity index (χ1v) is 6.74. The smallest absolute Gasteiger partial charge is 0.122 e. The molecule has 1 atom stereocenters. The van der Waals surface area contributed by atoms with Crippen LogP contribution in [0, 0.1) is 17.3 Å². The Hall–Kier alpha value is -0.410. The van der Waals surface area contributed by atoms with Gasteiger partial charge in [0, 0.05) is 18.4 Å². The van der Waals surface area contributed by atoms with Crippen molar-refractivity contribution in [2.75, 3.05) is 6.54 Å². The van der Waals surface area contributed by atoms with Crippen LogP contribution in [0.3, 0.4) is 0 Å². The molecule has 3 nitrogen and oxygen atoms in total. The molecule has 0 radical (unpaired) electrons. The van der Waals surface area contributed by atoms with Crippen LogP contribution in [0.4, 0.5) is 0 Å². The van der Waals surface area contributed by atoms with Crippen LogP contribution in [0.25, 0.3) is 0 Å². The van der Waals surface area contributed by atoms with E-state index in [1.54, 1.807) is 6.92 Å². The molecule has 0 aromatic heterocycles. The lowest BCUT2D eigenvalue weighted by atomic mass is 9.60.